The van der Waals surface area contributed by atoms with Crippen molar-refractivity contribution in [2.24, 2.45) is 5.10 Å². The molecule has 0 atom stereocenters. The predicted octanol–water partition coefficient (Wildman–Crippen LogP) is 4.66. The summed E-state index contributed by atoms with van der Waals surface area (Å²) in [6.45, 7) is 7.92. The Morgan fingerprint density at radius 1 is 1.14 bits per heavy atom. The van der Waals surface area contributed by atoms with Gasteiger partial charge >= 0.3 is 0 Å². The highest BCUT2D eigenvalue weighted by Gasteiger charge is 2.23. The van der Waals surface area contributed by atoms with Crippen LogP contribution in [0.15, 0.2) is 44.7 Å². The smallest absolute Gasteiger partial charge is 0.282 e. The molecule has 3 aromatic rings. The topological polar surface area (TPSA) is 65.7 Å². The molecule has 0 aliphatic carbocycles. The van der Waals surface area contributed by atoms with E-state index in [1.54, 1.807) is 26.5 Å². The van der Waals surface area contributed by atoms with Crippen LogP contribution >= 0.6 is 15.9 Å². The third-order valence-electron chi connectivity index (χ3n) is 4.60. The van der Waals surface area contributed by atoms with Crippen LogP contribution in [0.25, 0.3) is 10.9 Å². The van der Waals surface area contributed by atoms with Crippen LogP contribution in [0.1, 0.15) is 37.7 Å². The summed E-state index contributed by atoms with van der Waals surface area (Å²) in [7, 11) is 3.21. The number of hydrogen-bond acceptors (Lipinski definition) is 5. The summed E-state index contributed by atoms with van der Waals surface area (Å²) in [4.78, 5) is 18.0. The fourth-order valence-corrected chi connectivity index (χ4v) is 3.51. The van der Waals surface area contributed by atoms with Gasteiger partial charge in [-0.2, -0.15) is 9.78 Å². The molecule has 3 rings (SSSR count). The fourth-order valence-electron chi connectivity index (χ4n) is 3.15. The third-order valence-corrected chi connectivity index (χ3v) is 5.10. The van der Waals surface area contributed by atoms with Crippen LogP contribution in [0, 0.1) is 6.92 Å². The summed E-state index contributed by atoms with van der Waals surface area (Å²) in [6, 6.07) is 9.17. The maximum Gasteiger partial charge on any atom is 0.282 e. The summed E-state index contributed by atoms with van der Waals surface area (Å²) < 4.78 is 13.1. The minimum Gasteiger partial charge on any atom is -0.496 e. The van der Waals surface area contributed by atoms with Crippen LogP contribution in [0.4, 0.5) is 0 Å². The van der Waals surface area contributed by atoms with Crippen molar-refractivity contribution < 1.29 is 9.47 Å². The van der Waals surface area contributed by atoms with Gasteiger partial charge in [-0.25, -0.2) is 4.98 Å². The second-order valence-corrected chi connectivity index (χ2v) is 8.64. The van der Waals surface area contributed by atoms with Crippen LogP contribution in [0.5, 0.6) is 11.5 Å². The first-order chi connectivity index (χ1) is 13.7. The molecule has 1 aromatic heterocycles. The molecular weight excluding hydrogens is 434 g/mol. The highest BCUT2D eigenvalue weighted by atomic mass is 79.9. The van der Waals surface area contributed by atoms with Crippen LogP contribution in [0.3, 0.4) is 0 Å². The molecule has 29 heavy (non-hydrogen) atoms. The molecule has 0 saturated carbocycles. The zero-order chi connectivity index (χ0) is 21.3. The minimum atomic E-state index is -0.377. The SMILES string of the molecule is COc1ccc(C=Nn2c(C(C)(C)C)nc3ccc(Br)cc3c2=O)c(OC)c1C. The molecule has 2 aromatic carbocycles. The van der Waals surface area contributed by atoms with Crippen LogP contribution in [0.2, 0.25) is 0 Å². The van der Waals surface area contributed by atoms with Gasteiger partial charge in [0.1, 0.15) is 17.3 Å². The molecule has 7 heteroatoms. The maximum atomic E-state index is 13.2. The number of nitrogens with zero attached hydrogens (tertiary/aromatic N) is 3. The van der Waals surface area contributed by atoms with Crippen molar-refractivity contribution in [3.05, 3.63) is 62.1 Å². The largest absolute Gasteiger partial charge is 0.496 e. The second kappa shape index (κ2) is 7.99. The van der Waals surface area contributed by atoms with Gasteiger partial charge in [0.05, 0.1) is 31.3 Å². The van der Waals surface area contributed by atoms with E-state index in [0.29, 0.717) is 22.5 Å². The van der Waals surface area contributed by atoms with Gasteiger partial charge in [-0.15, -0.1) is 0 Å². The Morgan fingerprint density at radius 3 is 2.48 bits per heavy atom. The Labute approximate surface area is 178 Å². The quantitative estimate of drug-likeness (QED) is 0.534. The molecule has 0 unspecified atom stereocenters. The number of methoxy groups -OCH3 is 2. The summed E-state index contributed by atoms with van der Waals surface area (Å²) in [5, 5.41) is 5.01. The number of benzene rings is 2. The highest BCUT2D eigenvalue weighted by Crippen LogP contribution is 2.30. The molecule has 1 heterocycles. The Morgan fingerprint density at radius 2 is 1.86 bits per heavy atom. The molecule has 0 bridgehead atoms. The fraction of sp³-hybridized carbons (Fsp3) is 0.318. The van der Waals surface area contributed by atoms with E-state index < -0.39 is 0 Å². The van der Waals surface area contributed by atoms with E-state index in [0.717, 1.165) is 21.3 Å². The van der Waals surface area contributed by atoms with Gasteiger partial charge < -0.3 is 9.47 Å². The van der Waals surface area contributed by atoms with E-state index in [4.69, 9.17) is 14.5 Å². The Bertz CT molecular complexity index is 1160. The molecule has 6 nitrogen and oxygen atoms in total. The van der Waals surface area contributed by atoms with Crippen molar-refractivity contribution in [3.8, 4) is 11.5 Å². The summed E-state index contributed by atoms with van der Waals surface area (Å²) >= 11 is 3.42. The second-order valence-electron chi connectivity index (χ2n) is 7.72. The molecule has 0 amide bonds. The first-order valence-corrected chi connectivity index (χ1v) is 9.95. The van der Waals surface area contributed by atoms with E-state index in [1.807, 2.05) is 52.0 Å². The summed E-state index contributed by atoms with van der Waals surface area (Å²) in [5.41, 5.74) is 1.65. The highest BCUT2D eigenvalue weighted by molar-refractivity contribution is 9.10. The lowest BCUT2D eigenvalue weighted by Gasteiger charge is -2.21. The molecule has 0 spiro atoms. The Hall–Kier alpha value is -2.67. The lowest BCUT2D eigenvalue weighted by atomic mass is 9.95. The maximum absolute atomic E-state index is 13.2. The molecule has 0 radical (unpaired) electrons. The van der Waals surface area contributed by atoms with Crippen LogP contribution < -0.4 is 15.0 Å². The number of hydrogen-bond donors (Lipinski definition) is 0. The zero-order valence-corrected chi connectivity index (χ0v) is 19.0. The number of ether oxygens (including phenoxy) is 2. The average Bonchev–Trinajstić information content (AvgIpc) is 2.67. The monoisotopic (exact) mass is 457 g/mol. The predicted molar refractivity (Wildman–Crippen MR) is 120 cm³/mol. The van der Waals surface area contributed by atoms with Crippen molar-refractivity contribution in [1.29, 1.82) is 0 Å². The van der Waals surface area contributed by atoms with Crippen molar-refractivity contribution in [2.75, 3.05) is 14.2 Å². The lowest BCUT2D eigenvalue weighted by molar-refractivity contribution is 0.388. The van der Waals surface area contributed by atoms with E-state index in [9.17, 15) is 4.79 Å². The van der Waals surface area contributed by atoms with Crippen LogP contribution in [-0.2, 0) is 5.41 Å². The Balaban J connectivity index is 2.23. The summed E-state index contributed by atoms with van der Waals surface area (Å²) in [6.07, 6.45) is 1.62. The van der Waals surface area contributed by atoms with E-state index >= 15 is 0 Å². The van der Waals surface area contributed by atoms with Crippen molar-refractivity contribution in [1.82, 2.24) is 9.66 Å². The molecule has 0 aliphatic rings. The first-order valence-electron chi connectivity index (χ1n) is 9.16. The Kier molecular flexibility index (Phi) is 5.80. The molecular formula is C22H24BrN3O3. The van der Waals surface area contributed by atoms with Gasteiger partial charge in [0.25, 0.3) is 5.56 Å². The average molecular weight is 458 g/mol. The minimum absolute atomic E-state index is 0.221. The molecule has 0 aliphatic heterocycles. The van der Waals surface area contributed by atoms with Gasteiger partial charge in [0, 0.05) is 21.0 Å². The van der Waals surface area contributed by atoms with Gasteiger partial charge in [-0.3, -0.25) is 4.79 Å². The number of aromatic nitrogens is 2. The van der Waals surface area contributed by atoms with Gasteiger partial charge in [-0.1, -0.05) is 36.7 Å². The normalized spacial score (nSPS) is 12.0. The number of halogens is 1. The standard InChI is InChI=1S/C22H24BrN3O3/c1-13-18(28-5)10-7-14(19(13)29-6)12-24-26-20(27)16-11-15(23)8-9-17(16)25-21(26)22(2,3)4/h7-12H,1-6H3. The number of rotatable bonds is 4. The van der Waals surface area contributed by atoms with Crippen molar-refractivity contribution in [3.63, 3.8) is 0 Å². The molecule has 0 fully saturated rings. The van der Waals surface area contributed by atoms with E-state index in [1.165, 1.54) is 4.68 Å². The first kappa shape index (κ1) is 21.0. The lowest BCUT2D eigenvalue weighted by Crippen LogP contribution is -2.29. The summed E-state index contributed by atoms with van der Waals surface area (Å²) in [5.74, 6) is 1.96. The van der Waals surface area contributed by atoms with Crippen molar-refractivity contribution >= 4 is 33.0 Å². The molecule has 0 N–H and O–H groups in total. The van der Waals surface area contributed by atoms with Gasteiger partial charge in [-0.05, 0) is 37.3 Å². The van der Waals surface area contributed by atoms with Gasteiger partial charge in [0.2, 0.25) is 0 Å². The number of fused-ring (bicyclic) bond motifs is 1. The van der Waals surface area contributed by atoms with Crippen molar-refractivity contribution in [2.45, 2.75) is 33.1 Å². The molecule has 0 saturated heterocycles. The zero-order valence-electron chi connectivity index (χ0n) is 17.4. The van der Waals surface area contributed by atoms with E-state index in [-0.39, 0.29) is 11.0 Å². The van der Waals surface area contributed by atoms with Gasteiger partial charge in [0.15, 0.2) is 0 Å². The van der Waals surface area contributed by atoms with E-state index in [2.05, 4.69) is 21.0 Å². The molecule has 152 valence electrons. The van der Waals surface area contributed by atoms with Crippen LogP contribution in [-0.4, -0.2) is 30.1 Å². The third kappa shape index (κ3) is 4.05.